The summed E-state index contributed by atoms with van der Waals surface area (Å²) in [5, 5.41) is 3.46. The molecule has 0 unspecified atom stereocenters. The second kappa shape index (κ2) is 6.49. The molecule has 0 amide bonds. The van der Waals surface area contributed by atoms with Crippen LogP contribution >= 0.6 is 0 Å². The number of ether oxygens (including phenoxy) is 1. The van der Waals surface area contributed by atoms with Crippen LogP contribution in [0, 0.1) is 11.3 Å². The van der Waals surface area contributed by atoms with Gasteiger partial charge >= 0.3 is 0 Å². The van der Waals surface area contributed by atoms with E-state index in [0.29, 0.717) is 5.41 Å². The minimum atomic E-state index is 0.366. The molecular weight excluding hydrogens is 186 g/mol. The van der Waals surface area contributed by atoms with Crippen molar-refractivity contribution in [3.8, 4) is 0 Å². The lowest BCUT2D eigenvalue weighted by molar-refractivity contribution is 0.0326. The van der Waals surface area contributed by atoms with Crippen molar-refractivity contribution in [3.05, 3.63) is 0 Å². The van der Waals surface area contributed by atoms with Crippen LogP contribution in [0.15, 0.2) is 0 Å². The quantitative estimate of drug-likeness (QED) is 0.636. The van der Waals surface area contributed by atoms with E-state index >= 15 is 0 Å². The molecule has 2 nitrogen and oxygen atoms in total. The van der Waals surface area contributed by atoms with Gasteiger partial charge in [0.25, 0.3) is 0 Å². The third-order valence-corrected chi connectivity index (χ3v) is 3.71. The zero-order valence-corrected chi connectivity index (χ0v) is 10.6. The molecule has 1 rings (SSSR count). The number of rotatable bonds is 9. The van der Waals surface area contributed by atoms with E-state index in [0.717, 1.165) is 32.2 Å². The first-order chi connectivity index (χ1) is 7.26. The van der Waals surface area contributed by atoms with Crippen LogP contribution in [0.25, 0.3) is 0 Å². The Labute approximate surface area is 94.8 Å². The van der Waals surface area contributed by atoms with E-state index in [1.54, 1.807) is 0 Å². The maximum Gasteiger partial charge on any atom is 0.0534 e. The second-order valence-electron chi connectivity index (χ2n) is 4.95. The summed E-state index contributed by atoms with van der Waals surface area (Å²) in [7, 11) is 0. The highest BCUT2D eigenvalue weighted by Crippen LogP contribution is 2.31. The van der Waals surface area contributed by atoms with Crippen LogP contribution in [0.4, 0.5) is 0 Å². The summed E-state index contributed by atoms with van der Waals surface area (Å²) < 4.78 is 5.86. The number of hydrogen-bond donors (Lipinski definition) is 1. The van der Waals surface area contributed by atoms with E-state index < -0.39 is 0 Å². The molecule has 0 atom stereocenters. The number of nitrogens with one attached hydrogen (secondary N) is 1. The fourth-order valence-electron chi connectivity index (χ4n) is 1.87. The van der Waals surface area contributed by atoms with Crippen molar-refractivity contribution in [3.63, 3.8) is 0 Å². The van der Waals surface area contributed by atoms with E-state index in [1.807, 2.05) is 0 Å². The molecule has 1 aliphatic rings. The van der Waals surface area contributed by atoms with Crippen LogP contribution in [0.1, 0.15) is 46.5 Å². The van der Waals surface area contributed by atoms with Gasteiger partial charge in [-0.2, -0.15) is 0 Å². The molecule has 0 heterocycles. The van der Waals surface area contributed by atoms with Gasteiger partial charge < -0.3 is 10.1 Å². The molecule has 0 saturated heterocycles. The van der Waals surface area contributed by atoms with E-state index in [-0.39, 0.29) is 0 Å². The van der Waals surface area contributed by atoms with Crippen molar-refractivity contribution in [1.82, 2.24) is 5.32 Å². The molecule has 1 N–H and O–H groups in total. The van der Waals surface area contributed by atoms with Gasteiger partial charge in [-0.3, -0.25) is 0 Å². The van der Waals surface area contributed by atoms with Gasteiger partial charge in [0.15, 0.2) is 0 Å². The fourth-order valence-corrected chi connectivity index (χ4v) is 1.87. The van der Waals surface area contributed by atoms with Crippen LogP contribution < -0.4 is 5.32 Å². The molecule has 0 aromatic carbocycles. The van der Waals surface area contributed by atoms with Crippen LogP contribution in [0.2, 0.25) is 0 Å². The minimum Gasteiger partial charge on any atom is -0.381 e. The lowest BCUT2D eigenvalue weighted by atomic mass is 9.83. The van der Waals surface area contributed by atoms with Gasteiger partial charge in [-0.1, -0.05) is 20.8 Å². The Kier molecular flexibility index (Phi) is 5.62. The van der Waals surface area contributed by atoms with Gasteiger partial charge in [-0.15, -0.1) is 0 Å². The van der Waals surface area contributed by atoms with Gasteiger partial charge in [0.2, 0.25) is 0 Å². The Balaban J connectivity index is 2.24. The fraction of sp³-hybridized carbons (Fsp3) is 1.00. The molecular formula is C13H27NO. The molecule has 0 bridgehead atoms. The predicted molar refractivity (Wildman–Crippen MR) is 65.1 cm³/mol. The largest absolute Gasteiger partial charge is 0.381 e. The zero-order chi connectivity index (χ0) is 11.1. The van der Waals surface area contributed by atoms with E-state index in [2.05, 4.69) is 26.1 Å². The topological polar surface area (TPSA) is 21.3 Å². The first kappa shape index (κ1) is 13.0. The maximum absolute atomic E-state index is 5.86. The first-order valence-corrected chi connectivity index (χ1v) is 6.54. The van der Waals surface area contributed by atoms with Crippen LogP contribution in [-0.2, 0) is 4.74 Å². The van der Waals surface area contributed by atoms with Crippen molar-refractivity contribution in [2.75, 3.05) is 26.3 Å². The molecule has 15 heavy (non-hydrogen) atoms. The molecule has 2 heteroatoms. The van der Waals surface area contributed by atoms with Crippen molar-refractivity contribution >= 4 is 0 Å². The van der Waals surface area contributed by atoms with Crippen molar-refractivity contribution in [2.45, 2.75) is 46.5 Å². The SMILES string of the molecule is CCNCC(CC)(CC)COCC1CC1. The van der Waals surface area contributed by atoms with Crippen molar-refractivity contribution in [1.29, 1.82) is 0 Å². The average molecular weight is 213 g/mol. The Hall–Kier alpha value is -0.0800. The molecule has 0 aromatic heterocycles. The highest BCUT2D eigenvalue weighted by Gasteiger charge is 2.28. The summed E-state index contributed by atoms with van der Waals surface area (Å²) in [4.78, 5) is 0. The Bertz CT molecular complexity index is 162. The smallest absolute Gasteiger partial charge is 0.0534 e. The highest BCUT2D eigenvalue weighted by molar-refractivity contribution is 4.80. The molecule has 1 saturated carbocycles. The van der Waals surface area contributed by atoms with E-state index in [4.69, 9.17) is 4.74 Å². The Morgan fingerprint density at radius 1 is 1.20 bits per heavy atom. The Morgan fingerprint density at radius 3 is 2.33 bits per heavy atom. The lowest BCUT2D eigenvalue weighted by Crippen LogP contribution is -2.37. The first-order valence-electron chi connectivity index (χ1n) is 6.54. The summed E-state index contributed by atoms with van der Waals surface area (Å²) in [6.07, 6.45) is 5.19. The second-order valence-corrected chi connectivity index (χ2v) is 4.95. The monoisotopic (exact) mass is 213 g/mol. The number of hydrogen-bond acceptors (Lipinski definition) is 2. The summed E-state index contributed by atoms with van der Waals surface area (Å²) in [6, 6.07) is 0. The van der Waals surface area contributed by atoms with Gasteiger partial charge in [0, 0.05) is 18.6 Å². The van der Waals surface area contributed by atoms with E-state index in [9.17, 15) is 0 Å². The standard InChI is InChI=1S/C13H27NO/c1-4-13(5-2,10-14-6-3)11-15-9-12-7-8-12/h12,14H,4-11H2,1-3H3. The summed E-state index contributed by atoms with van der Waals surface area (Å²) in [6.45, 7) is 10.8. The van der Waals surface area contributed by atoms with E-state index in [1.165, 1.54) is 25.7 Å². The molecule has 90 valence electrons. The molecule has 1 aliphatic carbocycles. The third-order valence-electron chi connectivity index (χ3n) is 3.71. The van der Waals surface area contributed by atoms with Crippen molar-refractivity contribution in [2.24, 2.45) is 11.3 Å². The normalized spacial score (nSPS) is 17.0. The predicted octanol–water partition coefficient (Wildman–Crippen LogP) is 2.83. The summed E-state index contributed by atoms with van der Waals surface area (Å²) in [5.41, 5.74) is 0.366. The maximum atomic E-state index is 5.86. The zero-order valence-electron chi connectivity index (χ0n) is 10.6. The average Bonchev–Trinajstić information content (AvgIpc) is 3.07. The molecule has 0 aliphatic heterocycles. The molecule has 0 radical (unpaired) electrons. The molecule has 0 spiro atoms. The Morgan fingerprint density at radius 2 is 1.87 bits per heavy atom. The van der Waals surface area contributed by atoms with Crippen molar-refractivity contribution < 1.29 is 4.74 Å². The van der Waals surface area contributed by atoms with Crippen LogP contribution in [0.3, 0.4) is 0 Å². The van der Waals surface area contributed by atoms with Gasteiger partial charge in [-0.05, 0) is 38.1 Å². The lowest BCUT2D eigenvalue weighted by Gasteiger charge is -2.31. The third kappa shape index (κ3) is 4.52. The van der Waals surface area contributed by atoms with Gasteiger partial charge in [-0.25, -0.2) is 0 Å². The highest BCUT2D eigenvalue weighted by atomic mass is 16.5. The van der Waals surface area contributed by atoms with Crippen LogP contribution in [0.5, 0.6) is 0 Å². The summed E-state index contributed by atoms with van der Waals surface area (Å²) in [5.74, 6) is 0.885. The van der Waals surface area contributed by atoms with Crippen LogP contribution in [-0.4, -0.2) is 26.3 Å². The molecule has 0 aromatic rings. The molecule has 1 fully saturated rings. The van der Waals surface area contributed by atoms with Gasteiger partial charge in [0.1, 0.15) is 0 Å². The summed E-state index contributed by atoms with van der Waals surface area (Å²) >= 11 is 0. The minimum absolute atomic E-state index is 0.366. The van der Waals surface area contributed by atoms with Gasteiger partial charge in [0.05, 0.1) is 6.61 Å².